The molecule has 4 aliphatic rings. The Bertz CT molecular complexity index is 1910. The Kier molecular flexibility index (Phi) is 6.85. The Morgan fingerprint density at radius 1 is 0.696 bits per heavy atom. The lowest BCUT2D eigenvalue weighted by molar-refractivity contribution is -0.385. The van der Waals surface area contributed by atoms with Crippen molar-refractivity contribution in [2.75, 3.05) is 9.80 Å². The van der Waals surface area contributed by atoms with Gasteiger partial charge in [0.15, 0.2) is 0 Å². The number of nitro groups is 2. The average Bonchev–Trinajstić information content (AvgIpc) is 3.45. The van der Waals surface area contributed by atoms with E-state index in [1.807, 2.05) is 6.08 Å². The van der Waals surface area contributed by atoms with Crippen LogP contribution in [-0.4, -0.2) is 38.6 Å². The molecule has 13 nitrogen and oxygen atoms in total. The first kappa shape index (κ1) is 29.5. The van der Waals surface area contributed by atoms with Crippen LogP contribution in [-0.2, 0) is 19.2 Å². The lowest BCUT2D eigenvalue weighted by Crippen LogP contribution is -2.43. The molecule has 0 radical (unpaired) electrons. The van der Waals surface area contributed by atoms with Crippen molar-refractivity contribution in [3.63, 3.8) is 0 Å². The van der Waals surface area contributed by atoms with Crippen LogP contribution in [0.2, 0.25) is 0 Å². The summed E-state index contributed by atoms with van der Waals surface area (Å²) < 4.78 is 0.619. The minimum atomic E-state index is -0.945. The minimum absolute atomic E-state index is 0.0874. The second kappa shape index (κ2) is 10.7. The summed E-state index contributed by atoms with van der Waals surface area (Å²) in [5.41, 5.74) is 1.02. The van der Waals surface area contributed by atoms with Gasteiger partial charge in [-0.25, -0.2) is 0 Å². The van der Waals surface area contributed by atoms with Crippen LogP contribution < -0.4 is 9.80 Å². The quantitative estimate of drug-likeness (QED) is 0.167. The Balaban J connectivity index is 1.31. The number of fused-ring (bicyclic) bond motifs is 4. The second-order valence-corrected chi connectivity index (χ2v) is 12.7. The third-order valence-corrected chi connectivity index (χ3v) is 10.1. The van der Waals surface area contributed by atoms with Gasteiger partial charge in [-0.15, -0.1) is 0 Å². The zero-order valence-corrected chi connectivity index (χ0v) is 25.3. The highest BCUT2D eigenvalue weighted by atomic mass is 79.9. The highest BCUT2D eigenvalue weighted by Gasteiger charge is 2.62. The van der Waals surface area contributed by atoms with Crippen LogP contribution in [0.4, 0.5) is 22.7 Å². The van der Waals surface area contributed by atoms with Crippen LogP contribution in [0.5, 0.6) is 5.75 Å². The molecule has 7 rings (SSSR count). The molecule has 14 heteroatoms. The van der Waals surface area contributed by atoms with Gasteiger partial charge in [0.2, 0.25) is 23.6 Å². The van der Waals surface area contributed by atoms with E-state index in [-0.39, 0.29) is 41.3 Å². The van der Waals surface area contributed by atoms with Gasteiger partial charge in [-0.05, 0) is 61.2 Å². The highest BCUT2D eigenvalue weighted by Crippen LogP contribution is 2.59. The molecule has 1 saturated carbocycles. The molecule has 2 heterocycles. The van der Waals surface area contributed by atoms with Gasteiger partial charge in [-0.1, -0.05) is 27.6 Å². The maximum Gasteiger partial charge on any atom is 0.269 e. The van der Waals surface area contributed by atoms with E-state index in [0.717, 1.165) is 9.80 Å². The van der Waals surface area contributed by atoms with Gasteiger partial charge in [-0.2, -0.15) is 0 Å². The van der Waals surface area contributed by atoms with Crippen molar-refractivity contribution in [1.29, 1.82) is 0 Å². The van der Waals surface area contributed by atoms with Gasteiger partial charge in [0.1, 0.15) is 5.75 Å². The Morgan fingerprint density at radius 2 is 1.22 bits per heavy atom. The molecule has 3 aromatic carbocycles. The van der Waals surface area contributed by atoms with E-state index in [4.69, 9.17) is 0 Å². The van der Waals surface area contributed by atoms with Crippen molar-refractivity contribution in [3.05, 3.63) is 109 Å². The summed E-state index contributed by atoms with van der Waals surface area (Å²) in [4.78, 5) is 79.2. The molecule has 0 aromatic heterocycles. The molecule has 3 fully saturated rings. The molecule has 232 valence electrons. The number of hydrogen-bond donors (Lipinski definition) is 1. The van der Waals surface area contributed by atoms with Crippen molar-refractivity contribution in [2.24, 2.45) is 29.6 Å². The number of rotatable bonds is 5. The Labute approximate surface area is 268 Å². The summed E-state index contributed by atoms with van der Waals surface area (Å²) in [5.74, 6) is -7.03. The Hall–Kier alpha value is -5.24. The first-order valence-electron chi connectivity index (χ1n) is 14.4. The summed E-state index contributed by atoms with van der Waals surface area (Å²) in [6, 6.07) is 15.0. The zero-order chi connectivity index (χ0) is 32.6. The number of halogens is 1. The molecule has 2 aliphatic carbocycles. The van der Waals surface area contributed by atoms with Gasteiger partial charge < -0.3 is 5.11 Å². The molecule has 2 saturated heterocycles. The lowest BCUT2D eigenvalue weighted by atomic mass is 9.57. The molecule has 1 N–H and O–H groups in total. The van der Waals surface area contributed by atoms with Gasteiger partial charge in [-0.3, -0.25) is 49.2 Å². The third kappa shape index (κ3) is 4.35. The number of allylic oxidation sites excluding steroid dienone is 2. The van der Waals surface area contributed by atoms with E-state index < -0.39 is 69.0 Å². The largest absolute Gasteiger partial charge is 0.508 e. The molecular weight excluding hydrogens is 664 g/mol. The van der Waals surface area contributed by atoms with Crippen molar-refractivity contribution in [1.82, 2.24) is 0 Å². The van der Waals surface area contributed by atoms with Crippen LogP contribution in [0.3, 0.4) is 0 Å². The first-order valence-corrected chi connectivity index (χ1v) is 15.2. The van der Waals surface area contributed by atoms with Gasteiger partial charge in [0.05, 0.1) is 44.9 Å². The number of hydrogen-bond acceptors (Lipinski definition) is 9. The SMILES string of the molecule is O=C1C2CC=C3C(CC4C(=O)N(c5ccc([N+](=O)[O-])cc5)C(=O)C4C3c3cc(Br)ccc3O)C2C(=O)N1c1ccc([N+](=O)[O-])cc1. The van der Waals surface area contributed by atoms with Crippen molar-refractivity contribution < 1.29 is 34.1 Å². The molecular formula is C32H23BrN4O9. The van der Waals surface area contributed by atoms with E-state index in [0.29, 0.717) is 15.6 Å². The monoisotopic (exact) mass is 686 g/mol. The molecule has 6 unspecified atom stereocenters. The summed E-state index contributed by atoms with van der Waals surface area (Å²) in [6.07, 6.45) is 2.11. The number of imide groups is 2. The summed E-state index contributed by atoms with van der Waals surface area (Å²) >= 11 is 3.43. The lowest BCUT2D eigenvalue weighted by Gasteiger charge is -2.44. The number of carbonyl (C=O) groups is 4. The van der Waals surface area contributed by atoms with E-state index in [2.05, 4.69) is 15.9 Å². The third-order valence-electron chi connectivity index (χ3n) is 9.61. The van der Waals surface area contributed by atoms with Gasteiger partial charge in [0.25, 0.3) is 11.4 Å². The summed E-state index contributed by atoms with van der Waals surface area (Å²) in [7, 11) is 0. The highest BCUT2D eigenvalue weighted by molar-refractivity contribution is 9.10. The molecule has 4 amide bonds. The minimum Gasteiger partial charge on any atom is -0.508 e. The number of carbonyl (C=O) groups excluding carboxylic acids is 4. The maximum absolute atomic E-state index is 14.2. The number of aromatic hydroxyl groups is 1. The number of anilines is 2. The standard InChI is InChI=1S/C32H23BrN4O9/c33-15-1-12-25(38)23(13-15)26-20-10-11-21-27(31(41)34(29(21)39)16-2-6-18(7-3-16)36(43)44)22(20)14-24-28(26)32(42)35(30(24)40)17-4-8-19(9-5-17)37(45)46/h1-10,12-13,21-22,24,26-28,38H,11,14H2. The maximum atomic E-state index is 14.2. The van der Waals surface area contributed by atoms with Gasteiger partial charge >= 0.3 is 0 Å². The van der Waals surface area contributed by atoms with Gasteiger partial charge in [0, 0.05) is 40.2 Å². The number of phenolic OH excluding ortho intramolecular Hbond substituents is 1. The van der Waals surface area contributed by atoms with Crippen LogP contribution >= 0.6 is 15.9 Å². The van der Waals surface area contributed by atoms with Crippen molar-refractivity contribution >= 4 is 62.3 Å². The number of phenols is 1. The van der Waals surface area contributed by atoms with Crippen molar-refractivity contribution in [2.45, 2.75) is 18.8 Å². The van der Waals surface area contributed by atoms with Crippen LogP contribution in [0.1, 0.15) is 24.3 Å². The second-order valence-electron chi connectivity index (χ2n) is 11.8. The van der Waals surface area contributed by atoms with E-state index in [9.17, 15) is 44.5 Å². The van der Waals surface area contributed by atoms with E-state index in [1.165, 1.54) is 54.6 Å². The van der Waals surface area contributed by atoms with Crippen LogP contribution in [0, 0.1) is 49.8 Å². The molecule has 46 heavy (non-hydrogen) atoms. The number of amides is 4. The van der Waals surface area contributed by atoms with Crippen molar-refractivity contribution in [3.8, 4) is 5.75 Å². The normalized spacial score (nSPS) is 26.8. The Morgan fingerprint density at radius 3 is 1.76 bits per heavy atom. The molecule has 6 atom stereocenters. The van der Waals surface area contributed by atoms with E-state index >= 15 is 0 Å². The predicted molar refractivity (Wildman–Crippen MR) is 164 cm³/mol. The summed E-state index contributed by atoms with van der Waals surface area (Å²) in [5, 5.41) is 33.4. The smallest absolute Gasteiger partial charge is 0.269 e. The fourth-order valence-electron chi connectivity index (χ4n) is 7.67. The zero-order valence-electron chi connectivity index (χ0n) is 23.7. The average molecular weight is 687 g/mol. The number of nitrogens with zero attached hydrogens (tertiary/aromatic N) is 4. The molecule has 3 aromatic rings. The molecule has 2 aliphatic heterocycles. The fraction of sp³-hybridized carbons (Fsp3) is 0.250. The fourth-order valence-corrected chi connectivity index (χ4v) is 8.05. The van der Waals surface area contributed by atoms with E-state index in [1.54, 1.807) is 12.1 Å². The topological polar surface area (TPSA) is 181 Å². The number of benzene rings is 3. The van der Waals surface area contributed by atoms with Crippen LogP contribution in [0.15, 0.2) is 82.9 Å². The predicted octanol–water partition coefficient (Wildman–Crippen LogP) is 5.02. The first-order chi connectivity index (χ1) is 22.0. The number of nitro benzene ring substituents is 2. The summed E-state index contributed by atoms with van der Waals surface area (Å²) in [6.45, 7) is 0. The van der Waals surface area contributed by atoms with Crippen LogP contribution in [0.25, 0.3) is 0 Å². The molecule has 0 spiro atoms. The molecule has 0 bridgehead atoms. The number of non-ortho nitro benzene ring substituents is 2.